The summed E-state index contributed by atoms with van der Waals surface area (Å²) in [4.78, 5) is 28.3. The maximum Gasteiger partial charge on any atom is 0.262 e. The SMILES string of the molecule is O=C1Nc2cc(C(=O)NCC[NH+]3CCCCCC3)ccc2SC1=Cc1ccccc1. The van der Waals surface area contributed by atoms with Crippen molar-refractivity contribution in [3.05, 3.63) is 64.6 Å². The second-order valence-electron chi connectivity index (χ2n) is 7.86. The number of benzene rings is 2. The Kier molecular flexibility index (Phi) is 6.87. The predicted molar refractivity (Wildman–Crippen MR) is 122 cm³/mol. The van der Waals surface area contributed by atoms with Crippen LogP contribution in [0.25, 0.3) is 6.08 Å². The Morgan fingerprint density at radius 1 is 1.07 bits per heavy atom. The zero-order valence-corrected chi connectivity index (χ0v) is 17.9. The molecular weight excluding hydrogens is 394 g/mol. The third-order valence-electron chi connectivity index (χ3n) is 5.61. The molecule has 0 radical (unpaired) electrons. The van der Waals surface area contributed by atoms with Gasteiger partial charge < -0.3 is 15.5 Å². The highest BCUT2D eigenvalue weighted by molar-refractivity contribution is 8.04. The molecule has 2 aromatic rings. The van der Waals surface area contributed by atoms with Crippen LogP contribution >= 0.6 is 11.8 Å². The van der Waals surface area contributed by atoms with Crippen molar-refractivity contribution in [3.63, 3.8) is 0 Å². The third-order valence-corrected chi connectivity index (χ3v) is 6.70. The first-order valence-electron chi connectivity index (χ1n) is 10.7. The van der Waals surface area contributed by atoms with Crippen LogP contribution in [0, 0.1) is 0 Å². The number of anilines is 1. The minimum atomic E-state index is -0.140. The molecule has 2 amide bonds. The molecule has 0 aromatic heterocycles. The van der Waals surface area contributed by atoms with Gasteiger partial charge in [-0.2, -0.15) is 0 Å². The van der Waals surface area contributed by atoms with Crippen molar-refractivity contribution < 1.29 is 14.5 Å². The summed E-state index contributed by atoms with van der Waals surface area (Å²) in [6.07, 6.45) is 7.11. The highest BCUT2D eigenvalue weighted by Crippen LogP contribution is 2.39. The predicted octanol–water partition coefficient (Wildman–Crippen LogP) is 2.96. The minimum absolute atomic E-state index is 0.0862. The number of rotatable bonds is 5. The molecular formula is C24H28N3O2S+. The van der Waals surface area contributed by atoms with Crippen molar-refractivity contribution in [2.45, 2.75) is 30.6 Å². The fourth-order valence-corrected chi connectivity index (χ4v) is 4.87. The van der Waals surface area contributed by atoms with E-state index in [0.29, 0.717) is 22.7 Å². The summed E-state index contributed by atoms with van der Waals surface area (Å²) in [7, 11) is 0. The Labute approximate surface area is 181 Å². The maximum absolute atomic E-state index is 12.6. The van der Waals surface area contributed by atoms with Crippen molar-refractivity contribution >= 4 is 35.3 Å². The minimum Gasteiger partial charge on any atom is -0.346 e. The molecule has 2 heterocycles. The van der Waals surface area contributed by atoms with Gasteiger partial charge in [-0.25, -0.2) is 0 Å². The van der Waals surface area contributed by atoms with Crippen LogP contribution in [0.1, 0.15) is 41.6 Å². The van der Waals surface area contributed by atoms with Gasteiger partial charge >= 0.3 is 0 Å². The number of carbonyl (C=O) groups is 2. The normalized spacial score (nSPS) is 18.4. The van der Waals surface area contributed by atoms with Crippen LogP contribution in [0.2, 0.25) is 0 Å². The lowest BCUT2D eigenvalue weighted by Crippen LogP contribution is -3.12. The standard InChI is InChI=1S/C24H27N3O2S/c28-23(25-12-15-27-13-6-1-2-7-14-27)19-10-11-21-20(17-19)26-24(29)22(30-21)16-18-8-4-3-5-9-18/h3-5,8-11,16-17H,1-2,6-7,12-15H2,(H,25,28)(H,26,29)/p+1. The van der Waals surface area contributed by atoms with Gasteiger partial charge in [-0.1, -0.05) is 42.1 Å². The van der Waals surface area contributed by atoms with Gasteiger partial charge in [0.1, 0.15) is 0 Å². The fourth-order valence-electron chi connectivity index (χ4n) is 3.94. The summed E-state index contributed by atoms with van der Waals surface area (Å²) in [6, 6.07) is 15.3. The molecule has 6 heteroatoms. The number of nitrogens with one attached hydrogen (secondary N) is 3. The smallest absolute Gasteiger partial charge is 0.262 e. The quantitative estimate of drug-likeness (QED) is 0.649. The topological polar surface area (TPSA) is 62.6 Å². The lowest BCUT2D eigenvalue weighted by Gasteiger charge is -2.20. The van der Waals surface area contributed by atoms with Gasteiger partial charge in [-0.05, 0) is 55.5 Å². The summed E-state index contributed by atoms with van der Waals surface area (Å²) < 4.78 is 0. The number of quaternary nitrogens is 1. The molecule has 2 aliphatic heterocycles. The number of hydrogen-bond acceptors (Lipinski definition) is 3. The van der Waals surface area contributed by atoms with E-state index in [9.17, 15) is 9.59 Å². The van der Waals surface area contributed by atoms with Crippen LogP contribution in [0.15, 0.2) is 58.3 Å². The third kappa shape index (κ3) is 5.32. The zero-order valence-electron chi connectivity index (χ0n) is 17.1. The van der Waals surface area contributed by atoms with E-state index >= 15 is 0 Å². The molecule has 1 fully saturated rings. The van der Waals surface area contributed by atoms with Gasteiger partial charge in [-0.3, -0.25) is 9.59 Å². The van der Waals surface area contributed by atoms with Crippen LogP contribution in [0.4, 0.5) is 5.69 Å². The molecule has 0 aliphatic carbocycles. The lowest BCUT2D eigenvalue weighted by atomic mass is 10.1. The van der Waals surface area contributed by atoms with Crippen LogP contribution in [0.5, 0.6) is 0 Å². The average molecular weight is 423 g/mol. The maximum atomic E-state index is 12.6. The fraction of sp³-hybridized carbons (Fsp3) is 0.333. The van der Waals surface area contributed by atoms with Gasteiger partial charge in [0, 0.05) is 10.5 Å². The monoisotopic (exact) mass is 422 g/mol. The number of thioether (sulfide) groups is 1. The Bertz CT molecular complexity index is 935. The zero-order chi connectivity index (χ0) is 20.8. The van der Waals surface area contributed by atoms with Crippen molar-refractivity contribution in [3.8, 4) is 0 Å². The van der Waals surface area contributed by atoms with Gasteiger partial charge in [0.05, 0.1) is 36.8 Å². The van der Waals surface area contributed by atoms with E-state index < -0.39 is 0 Å². The van der Waals surface area contributed by atoms with E-state index in [-0.39, 0.29) is 11.8 Å². The van der Waals surface area contributed by atoms with Gasteiger partial charge in [-0.15, -0.1) is 0 Å². The first-order valence-corrected chi connectivity index (χ1v) is 11.5. The van der Waals surface area contributed by atoms with Crippen LogP contribution in [0.3, 0.4) is 0 Å². The van der Waals surface area contributed by atoms with Crippen LogP contribution in [-0.2, 0) is 4.79 Å². The molecule has 0 atom stereocenters. The van der Waals surface area contributed by atoms with Crippen molar-refractivity contribution in [1.29, 1.82) is 0 Å². The van der Waals surface area contributed by atoms with Gasteiger partial charge in [0.15, 0.2) is 0 Å². The number of amides is 2. The molecule has 0 bridgehead atoms. The molecule has 3 N–H and O–H groups in total. The highest BCUT2D eigenvalue weighted by Gasteiger charge is 2.22. The first kappa shape index (κ1) is 20.7. The number of fused-ring (bicyclic) bond motifs is 1. The number of likely N-dealkylation sites (tertiary alicyclic amines) is 1. The highest BCUT2D eigenvalue weighted by atomic mass is 32.2. The van der Waals surface area contributed by atoms with E-state index in [2.05, 4.69) is 10.6 Å². The van der Waals surface area contributed by atoms with Crippen LogP contribution < -0.4 is 15.5 Å². The van der Waals surface area contributed by atoms with Crippen molar-refractivity contribution in [2.24, 2.45) is 0 Å². The van der Waals surface area contributed by atoms with E-state index in [4.69, 9.17) is 0 Å². The molecule has 4 rings (SSSR count). The molecule has 30 heavy (non-hydrogen) atoms. The number of carbonyl (C=O) groups excluding carboxylic acids is 2. The summed E-state index contributed by atoms with van der Waals surface area (Å²) in [5.74, 6) is -0.226. The molecule has 2 aliphatic rings. The summed E-state index contributed by atoms with van der Waals surface area (Å²) >= 11 is 1.43. The Balaban J connectivity index is 1.37. The van der Waals surface area contributed by atoms with Crippen molar-refractivity contribution in [2.75, 3.05) is 31.5 Å². The molecule has 156 valence electrons. The number of hydrogen-bond donors (Lipinski definition) is 3. The summed E-state index contributed by atoms with van der Waals surface area (Å²) in [5.41, 5.74) is 2.26. The second-order valence-corrected chi connectivity index (χ2v) is 8.94. The average Bonchev–Trinajstić information content (AvgIpc) is 3.03. The van der Waals surface area contributed by atoms with E-state index in [1.54, 1.807) is 11.0 Å². The molecule has 0 unspecified atom stereocenters. The lowest BCUT2D eigenvalue weighted by molar-refractivity contribution is -0.898. The van der Waals surface area contributed by atoms with E-state index in [1.807, 2.05) is 48.5 Å². The summed E-state index contributed by atoms with van der Waals surface area (Å²) in [6.45, 7) is 4.06. The van der Waals surface area contributed by atoms with E-state index in [1.165, 1.54) is 50.5 Å². The van der Waals surface area contributed by atoms with Gasteiger partial charge in [0.2, 0.25) is 0 Å². The molecule has 0 spiro atoms. The van der Waals surface area contributed by atoms with Crippen molar-refractivity contribution in [1.82, 2.24) is 5.32 Å². The van der Waals surface area contributed by atoms with E-state index in [0.717, 1.165) is 17.0 Å². The summed E-state index contributed by atoms with van der Waals surface area (Å²) in [5, 5.41) is 5.96. The second kappa shape index (κ2) is 9.96. The molecule has 2 aromatic carbocycles. The Morgan fingerprint density at radius 2 is 1.83 bits per heavy atom. The molecule has 5 nitrogen and oxygen atoms in total. The molecule has 1 saturated heterocycles. The Hall–Kier alpha value is -2.57. The molecule has 0 saturated carbocycles. The Morgan fingerprint density at radius 3 is 2.60 bits per heavy atom. The first-order chi connectivity index (χ1) is 14.7. The van der Waals surface area contributed by atoms with Gasteiger partial charge in [0.25, 0.3) is 11.8 Å². The largest absolute Gasteiger partial charge is 0.346 e. The van der Waals surface area contributed by atoms with Crippen LogP contribution in [-0.4, -0.2) is 38.0 Å².